The van der Waals surface area contributed by atoms with Gasteiger partial charge in [0.2, 0.25) is 0 Å². The van der Waals surface area contributed by atoms with Gasteiger partial charge in [-0.05, 0) is 84.3 Å². The number of rotatable bonds is 5. The number of ketones is 1. The van der Waals surface area contributed by atoms with Gasteiger partial charge < -0.3 is 10.5 Å². The average Bonchev–Trinajstić information content (AvgIpc) is 2.90. The number of anilines is 1. The van der Waals surface area contributed by atoms with Gasteiger partial charge in [-0.25, -0.2) is 8.78 Å². The zero-order valence-corrected chi connectivity index (χ0v) is 25.1. The molecule has 1 atom stereocenters. The number of ether oxygens (including phenoxy) is 1. The summed E-state index contributed by atoms with van der Waals surface area (Å²) in [6.45, 7) is 8.01. The van der Waals surface area contributed by atoms with Gasteiger partial charge in [-0.2, -0.15) is 5.26 Å². The lowest BCUT2D eigenvalue weighted by Gasteiger charge is -2.44. The van der Waals surface area contributed by atoms with E-state index in [2.05, 4.69) is 6.07 Å². The van der Waals surface area contributed by atoms with E-state index in [0.717, 1.165) is 22.3 Å². The molecule has 9 heteroatoms. The molecule has 0 saturated carbocycles. The second-order valence-electron chi connectivity index (χ2n) is 11.6. The topological polar surface area (TPSA) is 79.4 Å². The number of allylic oxidation sites excluding steroid dienone is 3. The summed E-state index contributed by atoms with van der Waals surface area (Å²) in [5, 5.41) is 10.5. The minimum atomic E-state index is -0.713. The number of aryl methyl sites for hydroxylation is 2. The number of benzene rings is 3. The Balaban J connectivity index is 1.66. The van der Waals surface area contributed by atoms with Crippen molar-refractivity contribution in [3.05, 3.63) is 115 Å². The highest BCUT2D eigenvalue weighted by Gasteiger charge is 2.45. The third kappa shape index (κ3) is 5.37. The van der Waals surface area contributed by atoms with Crippen molar-refractivity contribution in [3.8, 4) is 11.8 Å². The number of Topliss-reactive ketones (excluding diaryl/α,β-unsaturated/α-hetero) is 1. The lowest BCUT2D eigenvalue weighted by Crippen LogP contribution is -2.42. The van der Waals surface area contributed by atoms with E-state index in [1.165, 1.54) is 36.4 Å². The highest BCUT2D eigenvalue weighted by molar-refractivity contribution is 6.32. The Labute approximate surface area is 253 Å². The van der Waals surface area contributed by atoms with Gasteiger partial charge in [-0.1, -0.05) is 49.2 Å². The van der Waals surface area contributed by atoms with E-state index in [9.17, 15) is 18.8 Å². The zero-order chi connectivity index (χ0) is 30.5. The van der Waals surface area contributed by atoms with E-state index >= 15 is 0 Å². The minimum absolute atomic E-state index is 0.0828. The van der Waals surface area contributed by atoms with Crippen molar-refractivity contribution < 1.29 is 18.3 Å². The predicted molar refractivity (Wildman–Crippen MR) is 160 cm³/mol. The van der Waals surface area contributed by atoms with Crippen LogP contribution in [0.3, 0.4) is 0 Å². The maximum atomic E-state index is 14.1. The van der Waals surface area contributed by atoms with Crippen LogP contribution >= 0.6 is 23.2 Å². The van der Waals surface area contributed by atoms with Crippen molar-refractivity contribution in [1.82, 2.24) is 0 Å². The molecule has 0 bridgehead atoms. The van der Waals surface area contributed by atoms with Gasteiger partial charge in [-0.15, -0.1) is 0 Å². The Morgan fingerprint density at radius 3 is 2.45 bits per heavy atom. The molecule has 5 rings (SSSR count). The molecule has 0 fully saturated rings. The lowest BCUT2D eigenvalue weighted by molar-refractivity contribution is -0.118. The Hall–Kier alpha value is -3.86. The number of carbonyl (C=O) groups excluding carboxylic acids is 1. The molecule has 1 aliphatic carbocycles. The van der Waals surface area contributed by atoms with E-state index in [-0.39, 0.29) is 39.2 Å². The molecule has 2 aliphatic rings. The van der Waals surface area contributed by atoms with Gasteiger partial charge in [0.05, 0.1) is 27.6 Å². The largest absolute Gasteiger partial charge is 0.487 e. The number of nitrogens with two attached hydrogens (primary N) is 1. The first kappa shape index (κ1) is 29.6. The molecule has 0 aromatic heterocycles. The molecule has 1 unspecified atom stereocenters. The predicted octanol–water partition coefficient (Wildman–Crippen LogP) is 8.41. The molecule has 0 amide bonds. The third-order valence-corrected chi connectivity index (χ3v) is 8.44. The maximum Gasteiger partial charge on any atom is 0.162 e. The van der Waals surface area contributed by atoms with Gasteiger partial charge in [0.1, 0.15) is 29.8 Å². The molecule has 42 heavy (non-hydrogen) atoms. The van der Waals surface area contributed by atoms with Crippen LogP contribution in [0.5, 0.6) is 5.75 Å². The van der Waals surface area contributed by atoms with Crippen molar-refractivity contribution in [2.75, 3.05) is 4.90 Å². The first-order valence-corrected chi connectivity index (χ1v) is 14.2. The van der Waals surface area contributed by atoms with Crippen molar-refractivity contribution in [2.24, 2.45) is 11.1 Å². The van der Waals surface area contributed by atoms with Crippen LogP contribution in [-0.2, 0) is 11.4 Å². The van der Waals surface area contributed by atoms with E-state index in [1.807, 2.05) is 39.8 Å². The fraction of sp³-hybridized carbons (Fsp3) is 0.273. The van der Waals surface area contributed by atoms with Crippen LogP contribution in [0.15, 0.2) is 71.2 Å². The van der Waals surface area contributed by atoms with Crippen LogP contribution in [-0.4, -0.2) is 5.78 Å². The zero-order valence-electron chi connectivity index (χ0n) is 23.6. The molecule has 3 aromatic carbocycles. The van der Waals surface area contributed by atoms with Crippen LogP contribution in [0.1, 0.15) is 54.9 Å². The van der Waals surface area contributed by atoms with Gasteiger partial charge in [0.25, 0.3) is 0 Å². The number of nitriles is 1. The molecular weight excluding hydrogens is 579 g/mol. The van der Waals surface area contributed by atoms with Gasteiger partial charge >= 0.3 is 0 Å². The van der Waals surface area contributed by atoms with Gasteiger partial charge in [0, 0.05) is 23.4 Å². The van der Waals surface area contributed by atoms with Crippen molar-refractivity contribution >= 4 is 34.7 Å². The monoisotopic (exact) mass is 607 g/mol. The summed E-state index contributed by atoms with van der Waals surface area (Å²) < 4.78 is 33.6. The molecule has 5 nitrogen and oxygen atoms in total. The van der Waals surface area contributed by atoms with Crippen molar-refractivity contribution in [2.45, 2.75) is 53.1 Å². The molecule has 1 aliphatic heterocycles. The first-order chi connectivity index (χ1) is 19.8. The molecule has 2 N–H and O–H groups in total. The first-order valence-electron chi connectivity index (χ1n) is 13.4. The fourth-order valence-corrected chi connectivity index (χ4v) is 6.27. The average molecular weight is 609 g/mol. The minimum Gasteiger partial charge on any atom is -0.487 e. The molecule has 3 aromatic rings. The lowest BCUT2D eigenvalue weighted by atomic mass is 9.68. The summed E-state index contributed by atoms with van der Waals surface area (Å²) in [6.07, 6.45) is 0.797. The van der Waals surface area contributed by atoms with E-state index in [4.69, 9.17) is 33.7 Å². The molecule has 0 saturated heterocycles. The third-order valence-electron chi connectivity index (χ3n) is 7.86. The summed E-state index contributed by atoms with van der Waals surface area (Å²) in [7, 11) is 0. The SMILES string of the molecule is Cc1cc(C)c(C2C(C#N)=C(N)N(c3ccc(F)c(Cl)c3)C3=C2C(=O)CC(C)(C)C3)cc1COc1ccc(F)cc1Cl. The van der Waals surface area contributed by atoms with Crippen molar-refractivity contribution in [3.63, 3.8) is 0 Å². The fourth-order valence-electron chi connectivity index (χ4n) is 5.87. The van der Waals surface area contributed by atoms with E-state index in [1.54, 1.807) is 4.90 Å². The summed E-state index contributed by atoms with van der Waals surface area (Å²) in [4.78, 5) is 15.6. The highest BCUT2D eigenvalue weighted by atomic mass is 35.5. The molecule has 0 radical (unpaired) electrons. The standard InChI is InChI=1S/C33H29Cl2F2N3O2/c1-17-9-18(2)22(10-19(17)16-42-29-8-5-20(36)11-25(29)35)30-23(15-38)32(39)40(21-6-7-26(37)24(34)12-21)27-13-33(3,4)14-28(41)31(27)30/h5-12,30H,13-14,16,39H2,1-4H3. The Kier molecular flexibility index (Phi) is 7.82. The smallest absolute Gasteiger partial charge is 0.162 e. The summed E-state index contributed by atoms with van der Waals surface area (Å²) in [5.41, 5.74) is 11.6. The quantitative estimate of drug-likeness (QED) is 0.315. The normalized spacial score (nSPS) is 18.2. The molecule has 216 valence electrons. The van der Waals surface area contributed by atoms with Crippen molar-refractivity contribution in [1.29, 1.82) is 5.26 Å². The van der Waals surface area contributed by atoms with E-state index in [0.29, 0.717) is 35.5 Å². The van der Waals surface area contributed by atoms with Crippen LogP contribution in [0.25, 0.3) is 0 Å². The second kappa shape index (κ2) is 11.1. The number of hydrogen-bond donors (Lipinski definition) is 1. The highest BCUT2D eigenvalue weighted by Crippen LogP contribution is 2.51. The number of halogens is 4. The van der Waals surface area contributed by atoms with Gasteiger partial charge in [-0.3, -0.25) is 9.69 Å². The van der Waals surface area contributed by atoms with Crippen LogP contribution in [0, 0.1) is 42.2 Å². The second-order valence-corrected chi connectivity index (χ2v) is 12.4. The summed E-state index contributed by atoms with van der Waals surface area (Å²) >= 11 is 12.3. The maximum absolute atomic E-state index is 14.1. The molecule has 1 heterocycles. The number of carbonyl (C=O) groups is 1. The van der Waals surface area contributed by atoms with Crippen LogP contribution < -0.4 is 15.4 Å². The number of hydrogen-bond acceptors (Lipinski definition) is 5. The van der Waals surface area contributed by atoms with E-state index < -0.39 is 17.6 Å². The Morgan fingerprint density at radius 1 is 1.05 bits per heavy atom. The van der Waals surface area contributed by atoms with Gasteiger partial charge in [0.15, 0.2) is 5.78 Å². The molecular formula is C33H29Cl2F2N3O2. The summed E-state index contributed by atoms with van der Waals surface area (Å²) in [5.74, 6) is -1.35. The molecule has 0 spiro atoms. The Bertz CT molecular complexity index is 1740. The number of nitrogens with zero attached hydrogens (tertiary/aromatic N) is 2. The Morgan fingerprint density at radius 2 is 1.79 bits per heavy atom. The van der Waals surface area contributed by atoms with Crippen LogP contribution in [0.2, 0.25) is 10.0 Å². The summed E-state index contributed by atoms with van der Waals surface area (Å²) in [6, 6.07) is 14.3. The van der Waals surface area contributed by atoms with Crippen LogP contribution in [0.4, 0.5) is 14.5 Å².